The molecule has 1 aliphatic rings. The molecule has 106 valence electrons. The first-order valence-corrected chi connectivity index (χ1v) is 7.81. The first-order chi connectivity index (χ1) is 8.95. The van der Waals surface area contributed by atoms with Crippen LogP contribution < -0.4 is 5.32 Å². The van der Waals surface area contributed by atoms with Crippen LogP contribution in [-0.2, 0) is 6.42 Å². The second kappa shape index (κ2) is 6.03. The quantitative estimate of drug-likeness (QED) is 0.829. The van der Waals surface area contributed by atoms with Crippen molar-refractivity contribution in [3.05, 3.63) is 33.8 Å². The molecule has 2 atom stereocenters. The zero-order valence-corrected chi connectivity index (χ0v) is 13.5. The van der Waals surface area contributed by atoms with E-state index in [0.29, 0.717) is 27.4 Å². The summed E-state index contributed by atoms with van der Waals surface area (Å²) in [6, 6.07) is 6.38. The Hall–Kier alpha value is -0.240. The fraction of sp³-hybridized carbons (Fsp3) is 0.625. The van der Waals surface area contributed by atoms with Crippen molar-refractivity contribution >= 4 is 23.2 Å². The van der Waals surface area contributed by atoms with Crippen molar-refractivity contribution in [1.29, 1.82) is 0 Å². The van der Waals surface area contributed by atoms with Gasteiger partial charge in [-0.15, -0.1) is 0 Å². The number of halogens is 2. The molecule has 0 bridgehead atoms. The monoisotopic (exact) mass is 299 g/mol. The van der Waals surface area contributed by atoms with Gasteiger partial charge in [0.05, 0.1) is 10.0 Å². The molecule has 0 heterocycles. The number of hydrogen-bond donors (Lipinski definition) is 1. The van der Waals surface area contributed by atoms with E-state index in [4.69, 9.17) is 23.2 Å². The average Bonchev–Trinajstić information content (AvgIpc) is 2.71. The third-order valence-corrected chi connectivity index (χ3v) is 5.53. The smallest absolute Gasteiger partial charge is 0.0624 e. The summed E-state index contributed by atoms with van der Waals surface area (Å²) in [4.78, 5) is 0. The molecular formula is C16H23Cl2N. The van der Waals surface area contributed by atoms with E-state index in [1.54, 1.807) is 0 Å². The predicted molar refractivity (Wildman–Crippen MR) is 84.1 cm³/mol. The van der Waals surface area contributed by atoms with E-state index in [0.717, 1.165) is 12.0 Å². The number of rotatable bonds is 4. The lowest BCUT2D eigenvalue weighted by atomic mass is 9.76. The normalized spacial score (nSPS) is 23.5. The van der Waals surface area contributed by atoms with Gasteiger partial charge < -0.3 is 5.32 Å². The van der Waals surface area contributed by atoms with Crippen molar-refractivity contribution in [2.75, 3.05) is 7.05 Å². The molecule has 1 N–H and O–H groups in total. The summed E-state index contributed by atoms with van der Waals surface area (Å²) in [5.41, 5.74) is 1.56. The summed E-state index contributed by atoms with van der Waals surface area (Å²) in [7, 11) is 2.05. The molecule has 0 aromatic heterocycles. The van der Waals surface area contributed by atoms with Gasteiger partial charge in [-0.05, 0) is 49.3 Å². The maximum absolute atomic E-state index is 6.31. The molecule has 0 radical (unpaired) electrons. The van der Waals surface area contributed by atoms with Crippen LogP contribution >= 0.6 is 23.2 Å². The Balaban J connectivity index is 2.17. The summed E-state index contributed by atoms with van der Waals surface area (Å²) in [6.45, 7) is 4.77. The number of nitrogens with one attached hydrogen (secondary N) is 1. The molecule has 0 spiro atoms. The highest BCUT2D eigenvalue weighted by molar-refractivity contribution is 6.42. The highest BCUT2D eigenvalue weighted by atomic mass is 35.5. The van der Waals surface area contributed by atoms with Crippen molar-refractivity contribution in [3.8, 4) is 0 Å². The van der Waals surface area contributed by atoms with Crippen molar-refractivity contribution in [2.24, 2.45) is 11.3 Å². The lowest BCUT2D eigenvalue weighted by molar-refractivity contribution is 0.201. The van der Waals surface area contributed by atoms with Gasteiger partial charge in [0.2, 0.25) is 0 Å². The first-order valence-electron chi connectivity index (χ1n) is 7.06. The fourth-order valence-corrected chi connectivity index (χ4v) is 3.89. The van der Waals surface area contributed by atoms with Gasteiger partial charge in [-0.25, -0.2) is 0 Å². The predicted octanol–water partition coefficient (Wildman–Crippen LogP) is 4.95. The second-order valence-corrected chi connectivity index (χ2v) is 7.08. The molecule has 1 aromatic carbocycles. The van der Waals surface area contributed by atoms with Gasteiger partial charge in [-0.2, -0.15) is 0 Å². The summed E-state index contributed by atoms with van der Waals surface area (Å²) < 4.78 is 0. The van der Waals surface area contributed by atoms with Crippen LogP contribution in [0.15, 0.2) is 18.2 Å². The van der Waals surface area contributed by atoms with E-state index >= 15 is 0 Å². The lowest BCUT2D eigenvalue weighted by Crippen LogP contribution is -2.40. The van der Waals surface area contributed by atoms with E-state index in [1.807, 2.05) is 12.1 Å². The summed E-state index contributed by atoms with van der Waals surface area (Å²) >= 11 is 12.4. The zero-order valence-electron chi connectivity index (χ0n) is 12.0. The van der Waals surface area contributed by atoms with Crippen LogP contribution in [0.4, 0.5) is 0 Å². The van der Waals surface area contributed by atoms with Crippen LogP contribution in [0.1, 0.15) is 38.7 Å². The highest BCUT2D eigenvalue weighted by Crippen LogP contribution is 2.45. The van der Waals surface area contributed by atoms with E-state index in [1.165, 1.54) is 19.3 Å². The molecule has 19 heavy (non-hydrogen) atoms. The van der Waals surface area contributed by atoms with Crippen molar-refractivity contribution < 1.29 is 0 Å². The molecular weight excluding hydrogens is 277 g/mol. The minimum Gasteiger partial charge on any atom is -0.316 e. The molecule has 3 heteroatoms. The van der Waals surface area contributed by atoms with Gasteiger partial charge >= 0.3 is 0 Å². The third kappa shape index (κ3) is 3.26. The maximum Gasteiger partial charge on any atom is 0.0624 e. The average molecular weight is 300 g/mol. The Kier molecular flexibility index (Phi) is 4.81. The maximum atomic E-state index is 6.31. The number of benzene rings is 1. The Labute approximate surface area is 126 Å². The minimum absolute atomic E-state index is 0.415. The largest absolute Gasteiger partial charge is 0.316 e. The van der Waals surface area contributed by atoms with E-state index in [-0.39, 0.29) is 0 Å². The van der Waals surface area contributed by atoms with Crippen LogP contribution in [0.3, 0.4) is 0 Å². The molecule has 1 fully saturated rings. The van der Waals surface area contributed by atoms with Crippen LogP contribution in [0.2, 0.25) is 10.0 Å². The molecule has 1 aliphatic carbocycles. The van der Waals surface area contributed by atoms with Gasteiger partial charge in [-0.1, -0.05) is 55.6 Å². The molecule has 1 aromatic rings. The molecule has 0 amide bonds. The van der Waals surface area contributed by atoms with Crippen LogP contribution in [-0.4, -0.2) is 13.1 Å². The Morgan fingerprint density at radius 3 is 2.68 bits per heavy atom. The van der Waals surface area contributed by atoms with Crippen molar-refractivity contribution in [1.82, 2.24) is 5.32 Å². The summed E-state index contributed by atoms with van der Waals surface area (Å²) in [5.74, 6) is 0.701. The van der Waals surface area contributed by atoms with Gasteiger partial charge in [0.1, 0.15) is 0 Å². The van der Waals surface area contributed by atoms with Crippen LogP contribution in [0.5, 0.6) is 0 Å². The van der Waals surface area contributed by atoms with Crippen molar-refractivity contribution in [2.45, 2.75) is 45.6 Å². The third-order valence-electron chi connectivity index (χ3n) is 4.67. The summed E-state index contributed by atoms with van der Waals surface area (Å²) in [6.07, 6.45) is 4.90. The molecule has 0 saturated heterocycles. The Morgan fingerprint density at radius 1 is 1.37 bits per heavy atom. The standard InChI is InChI=1S/C16H23Cl2N/c1-16(2)9-5-7-12(16)14(19-3)10-11-6-4-8-13(17)15(11)18/h4,6,8,12,14,19H,5,7,9-10H2,1-3H3. The fourth-order valence-electron chi connectivity index (χ4n) is 3.49. The van der Waals surface area contributed by atoms with Gasteiger partial charge in [-0.3, -0.25) is 0 Å². The van der Waals surface area contributed by atoms with Crippen LogP contribution in [0, 0.1) is 11.3 Å². The number of hydrogen-bond acceptors (Lipinski definition) is 1. The number of likely N-dealkylation sites (N-methyl/N-ethyl adjacent to an activating group) is 1. The second-order valence-electron chi connectivity index (χ2n) is 6.30. The van der Waals surface area contributed by atoms with Gasteiger partial charge in [0.15, 0.2) is 0 Å². The summed E-state index contributed by atoms with van der Waals surface area (Å²) in [5, 5.41) is 4.85. The van der Waals surface area contributed by atoms with Gasteiger partial charge in [0.25, 0.3) is 0 Å². The molecule has 1 saturated carbocycles. The Bertz CT molecular complexity index is 442. The first kappa shape index (κ1) is 15.2. The Morgan fingerprint density at radius 2 is 2.11 bits per heavy atom. The molecule has 0 aliphatic heterocycles. The highest BCUT2D eigenvalue weighted by Gasteiger charge is 2.39. The molecule has 2 rings (SSSR count). The van der Waals surface area contributed by atoms with E-state index in [9.17, 15) is 0 Å². The molecule has 2 unspecified atom stereocenters. The van der Waals surface area contributed by atoms with E-state index in [2.05, 4.69) is 32.3 Å². The van der Waals surface area contributed by atoms with Crippen molar-refractivity contribution in [3.63, 3.8) is 0 Å². The topological polar surface area (TPSA) is 12.0 Å². The zero-order chi connectivity index (χ0) is 14.0. The van der Waals surface area contributed by atoms with Gasteiger partial charge in [0, 0.05) is 6.04 Å². The van der Waals surface area contributed by atoms with Crippen LogP contribution in [0.25, 0.3) is 0 Å². The lowest BCUT2D eigenvalue weighted by Gasteiger charge is -2.34. The molecule has 1 nitrogen and oxygen atoms in total. The SMILES string of the molecule is CNC(Cc1cccc(Cl)c1Cl)C1CCCC1(C)C. The minimum atomic E-state index is 0.415. The van der Waals surface area contributed by atoms with E-state index < -0.39 is 0 Å².